The number of hydrogen-bond acceptors (Lipinski definition) is 6. The molecule has 0 atom stereocenters. The topological polar surface area (TPSA) is 70.5 Å². The molecular formula is C21H19FN2O4. The van der Waals surface area contributed by atoms with E-state index in [1.54, 1.807) is 25.1 Å². The second-order valence-corrected chi connectivity index (χ2v) is 5.95. The van der Waals surface area contributed by atoms with Gasteiger partial charge in [-0.15, -0.1) is 0 Å². The molecule has 0 aliphatic carbocycles. The van der Waals surface area contributed by atoms with Gasteiger partial charge in [0.15, 0.2) is 11.5 Å². The quantitative estimate of drug-likeness (QED) is 0.474. The standard InChI is InChI=1S/C21H19FN2O4/c1-12-20(24-16-11-14(22)6-7-15(16)23-12)17(25)8-5-13-9-18(26-2)21(28-4)19(10-13)27-3/h5-11H,1-4H3/b8-5+. The van der Waals surface area contributed by atoms with Crippen LogP contribution in [-0.2, 0) is 0 Å². The van der Waals surface area contributed by atoms with E-state index in [1.807, 2.05) is 0 Å². The van der Waals surface area contributed by atoms with Gasteiger partial charge in [0, 0.05) is 6.07 Å². The number of fused-ring (bicyclic) bond motifs is 1. The molecule has 28 heavy (non-hydrogen) atoms. The van der Waals surface area contributed by atoms with Crippen LogP contribution in [0.4, 0.5) is 4.39 Å². The number of halogens is 1. The van der Waals surface area contributed by atoms with E-state index in [0.29, 0.717) is 39.5 Å². The van der Waals surface area contributed by atoms with Crippen molar-refractivity contribution in [1.29, 1.82) is 0 Å². The SMILES string of the molecule is COc1cc(/C=C/C(=O)c2nc3cc(F)ccc3nc2C)cc(OC)c1OC. The Labute approximate surface area is 161 Å². The summed E-state index contributed by atoms with van der Waals surface area (Å²) in [5.74, 6) is 0.644. The number of carbonyl (C=O) groups is 1. The van der Waals surface area contributed by atoms with Crippen LogP contribution >= 0.6 is 0 Å². The zero-order valence-corrected chi connectivity index (χ0v) is 15.9. The highest BCUT2D eigenvalue weighted by Gasteiger charge is 2.14. The Morgan fingerprint density at radius 2 is 1.64 bits per heavy atom. The number of benzene rings is 2. The van der Waals surface area contributed by atoms with E-state index in [1.165, 1.54) is 45.6 Å². The van der Waals surface area contributed by atoms with Crippen LogP contribution in [0.25, 0.3) is 17.1 Å². The molecule has 2 aromatic carbocycles. The second kappa shape index (κ2) is 8.04. The highest BCUT2D eigenvalue weighted by atomic mass is 19.1. The Morgan fingerprint density at radius 3 is 2.25 bits per heavy atom. The number of ether oxygens (including phenoxy) is 3. The summed E-state index contributed by atoms with van der Waals surface area (Å²) in [6.45, 7) is 1.69. The molecule has 7 heteroatoms. The Hall–Kier alpha value is -3.48. The molecule has 1 heterocycles. The third-order valence-corrected chi connectivity index (χ3v) is 4.15. The molecule has 0 bridgehead atoms. The fraction of sp³-hybridized carbons (Fsp3) is 0.190. The van der Waals surface area contributed by atoms with Crippen LogP contribution in [0.5, 0.6) is 17.2 Å². The van der Waals surface area contributed by atoms with Crippen molar-refractivity contribution in [3.63, 3.8) is 0 Å². The molecule has 0 fully saturated rings. The lowest BCUT2D eigenvalue weighted by Crippen LogP contribution is -2.05. The van der Waals surface area contributed by atoms with Crippen LogP contribution in [0, 0.1) is 12.7 Å². The fourth-order valence-electron chi connectivity index (χ4n) is 2.80. The minimum atomic E-state index is -0.433. The van der Waals surface area contributed by atoms with Crippen LogP contribution in [0.1, 0.15) is 21.7 Å². The molecule has 3 aromatic rings. The van der Waals surface area contributed by atoms with Crippen molar-refractivity contribution in [2.75, 3.05) is 21.3 Å². The van der Waals surface area contributed by atoms with Crippen LogP contribution in [0.3, 0.4) is 0 Å². The molecular weight excluding hydrogens is 363 g/mol. The van der Waals surface area contributed by atoms with E-state index in [9.17, 15) is 9.18 Å². The van der Waals surface area contributed by atoms with Crippen molar-refractivity contribution in [2.45, 2.75) is 6.92 Å². The number of aryl methyl sites for hydroxylation is 1. The molecule has 0 saturated carbocycles. The molecule has 0 N–H and O–H groups in total. The van der Waals surface area contributed by atoms with Crippen LogP contribution in [-0.4, -0.2) is 37.1 Å². The van der Waals surface area contributed by atoms with Gasteiger partial charge >= 0.3 is 0 Å². The molecule has 0 aliphatic heterocycles. The number of nitrogens with zero attached hydrogens (tertiary/aromatic N) is 2. The lowest BCUT2D eigenvalue weighted by atomic mass is 10.1. The summed E-state index contributed by atoms with van der Waals surface area (Å²) in [6.07, 6.45) is 2.99. The lowest BCUT2D eigenvalue weighted by Gasteiger charge is -2.12. The maximum atomic E-state index is 13.4. The van der Waals surface area contributed by atoms with E-state index in [4.69, 9.17) is 14.2 Å². The molecule has 3 rings (SSSR count). The Bertz CT molecular complexity index is 1050. The highest BCUT2D eigenvalue weighted by Crippen LogP contribution is 2.38. The number of methoxy groups -OCH3 is 3. The minimum Gasteiger partial charge on any atom is -0.493 e. The first-order valence-electron chi connectivity index (χ1n) is 8.43. The third-order valence-electron chi connectivity index (χ3n) is 4.15. The Balaban J connectivity index is 1.95. The van der Waals surface area contributed by atoms with Gasteiger partial charge < -0.3 is 14.2 Å². The first kappa shape index (κ1) is 19.3. The van der Waals surface area contributed by atoms with Gasteiger partial charge in [-0.05, 0) is 42.8 Å². The summed E-state index contributed by atoms with van der Waals surface area (Å²) in [4.78, 5) is 21.2. The Morgan fingerprint density at radius 1 is 0.964 bits per heavy atom. The highest BCUT2D eigenvalue weighted by molar-refractivity contribution is 6.07. The number of hydrogen-bond donors (Lipinski definition) is 0. The summed E-state index contributed by atoms with van der Waals surface area (Å²) < 4.78 is 29.3. The van der Waals surface area contributed by atoms with Crippen molar-refractivity contribution >= 4 is 22.9 Å². The van der Waals surface area contributed by atoms with Crippen molar-refractivity contribution in [2.24, 2.45) is 0 Å². The first-order chi connectivity index (χ1) is 13.5. The largest absolute Gasteiger partial charge is 0.493 e. The van der Waals surface area contributed by atoms with Gasteiger partial charge in [-0.1, -0.05) is 6.08 Å². The van der Waals surface area contributed by atoms with Gasteiger partial charge in [0.25, 0.3) is 0 Å². The molecule has 0 spiro atoms. The number of aromatic nitrogens is 2. The van der Waals surface area contributed by atoms with E-state index >= 15 is 0 Å². The lowest BCUT2D eigenvalue weighted by molar-refractivity contribution is 0.104. The van der Waals surface area contributed by atoms with Crippen molar-refractivity contribution in [3.05, 3.63) is 59.2 Å². The number of carbonyl (C=O) groups excluding carboxylic acids is 1. The smallest absolute Gasteiger partial charge is 0.206 e. The van der Waals surface area contributed by atoms with Crippen molar-refractivity contribution in [1.82, 2.24) is 9.97 Å². The maximum absolute atomic E-state index is 13.4. The summed E-state index contributed by atoms with van der Waals surface area (Å²) in [5.41, 5.74) is 2.18. The van der Waals surface area contributed by atoms with Crippen LogP contribution in [0.15, 0.2) is 36.4 Å². The molecule has 0 unspecified atom stereocenters. The molecule has 0 saturated heterocycles. The summed E-state index contributed by atoms with van der Waals surface area (Å²) in [7, 11) is 4.55. The van der Waals surface area contributed by atoms with Crippen molar-refractivity contribution < 1.29 is 23.4 Å². The van der Waals surface area contributed by atoms with E-state index in [0.717, 1.165) is 0 Å². The second-order valence-electron chi connectivity index (χ2n) is 5.95. The summed E-state index contributed by atoms with van der Waals surface area (Å²) in [6, 6.07) is 7.54. The fourth-order valence-corrected chi connectivity index (χ4v) is 2.80. The monoisotopic (exact) mass is 382 g/mol. The maximum Gasteiger partial charge on any atom is 0.206 e. The summed E-state index contributed by atoms with van der Waals surface area (Å²) in [5, 5.41) is 0. The Kier molecular flexibility index (Phi) is 5.54. The molecule has 6 nitrogen and oxygen atoms in total. The van der Waals surface area contributed by atoms with Gasteiger partial charge in [-0.3, -0.25) is 4.79 Å². The van der Waals surface area contributed by atoms with Gasteiger partial charge in [0.2, 0.25) is 11.5 Å². The molecule has 0 radical (unpaired) electrons. The number of rotatable bonds is 6. The molecule has 1 aromatic heterocycles. The van der Waals surface area contributed by atoms with Crippen LogP contribution in [0.2, 0.25) is 0 Å². The number of ketones is 1. The normalized spacial score (nSPS) is 11.0. The predicted molar refractivity (Wildman–Crippen MR) is 104 cm³/mol. The summed E-state index contributed by atoms with van der Waals surface area (Å²) >= 11 is 0. The van der Waals surface area contributed by atoms with Gasteiger partial charge in [0.05, 0.1) is 38.1 Å². The average Bonchev–Trinajstić information content (AvgIpc) is 2.70. The van der Waals surface area contributed by atoms with Crippen LogP contribution < -0.4 is 14.2 Å². The van der Waals surface area contributed by atoms with Gasteiger partial charge in [-0.25, -0.2) is 14.4 Å². The molecule has 144 valence electrons. The van der Waals surface area contributed by atoms with Gasteiger partial charge in [-0.2, -0.15) is 0 Å². The number of allylic oxidation sites excluding steroid dienone is 1. The molecule has 0 amide bonds. The van der Waals surface area contributed by atoms with E-state index in [2.05, 4.69) is 9.97 Å². The van der Waals surface area contributed by atoms with E-state index < -0.39 is 5.82 Å². The van der Waals surface area contributed by atoms with Gasteiger partial charge in [0.1, 0.15) is 11.5 Å². The third kappa shape index (κ3) is 3.78. The predicted octanol–water partition coefficient (Wildman–Crippen LogP) is 4.00. The zero-order valence-electron chi connectivity index (χ0n) is 15.9. The average molecular weight is 382 g/mol. The van der Waals surface area contributed by atoms with E-state index in [-0.39, 0.29) is 11.5 Å². The van der Waals surface area contributed by atoms with Crippen molar-refractivity contribution in [3.8, 4) is 17.2 Å². The zero-order chi connectivity index (χ0) is 20.3. The molecule has 0 aliphatic rings. The minimum absolute atomic E-state index is 0.168. The first-order valence-corrected chi connectivity index (χ1v) is 8.43.